The minimum absolute atomic E-state index is 0.400. The van der Waals surface area contributed by atoms with E-state index in [-0.39, 0.29) is 0 Å². The molecule has 7 heteroatoms. The number of ether oxygens (including phenoxy) is 2. The molecule has 0 saturated carbocycles. The summed E-state index contributed by atoms with van der Waals surface area (Å²) < 4.78 is 24.5. The van der Waals surface area contributed by atoms with E-state index in [0.717, 1.165) is 0 Å². The van der Waals surface area contributed by atoms with Gasteiger partial charge in [0.25, 0.3) is 0 Å². The zero-order chi connectivity index (χ0) is 22.1. The van der Waals surface area contributed by atoms with Crippen molar-refractivity contribution in [3.05, 3.63) is 89.2 Å². The molecule has 1 N–H and O–H groups in total. The van der Waals surface area contributed by atoms with Gasteiger partial charge in [0.1, 0.15) is 28.7 Å². The number of carbonyl (C=O) groups is 1. The van der Waals surface area contributed by atoms with E-state index in [1.54, 1.807) is 49.6 Å². The van der Waals surface area contributed by atoms with Crippen molar-refractivity contribution in [1.29, 1.82) is 0 Å². The highest BCUT2D eigenvalue weighted by molar-refractivity contribution is 6.22. The number of halogens is 2. The summed E-state index contributed by atoms with van der Waals surface area (Å²) in [5, 5.41) is 10.2. The third kappa shape index (κ3) is 3.68. The van der Waals surface area contributed by atoms with E-state index in [9.17, 15) is 14.3 Å². The SMILES string of the molecule is COc1ccc(N2C(Cl)c3ccccc3C(C(=O)O)C2c2ccc(F)cc2)c(OC)c1. The Labute approximate surface area is 184 Å². The van der Waals surface area contributed by atoms with Gasteiger partial charge < -0.3 is 19.5 Å². The van der Waals surface area contributed by atoms with Gasteiger partial charge in [-0.15, -0.1) is 0 Å². The number of anilines is 1. The third-order valence-corrected chi connectivity index (χ3v) is 6.04. The molecule has 4 rings (SSSR count). The van der Waals surface area contributed by atoms with Crippen molar-refractivity contribution < 1.29 is 23.8 Å². The molecule has 0 spiro atoms. The number of benzene rings is 3. The number of fused-ring (bicyclic) bond motifs is 1. The lowest BCUT2D eigenvalue weighted by Crippen LogP contribution is -2.42. The smallest absolute Gasteiger partial charge is 0.313 e. The lowest BCUT2D eigenvalue weighted by Gasteiger charge is -2.45. The number of hydrogen-bond acceptors (Lipinski definition) is 4. The fourth-order valence-corrected chi connectivity index (χ4v) is 4.61. The van der Waals surface area contributed by atoms with Gasteiger partial charge >= 0.3 is 5.97 Å². The number of carboxylic acids is 1. The molecule has 1 heterocycles. The first kappa shape index (κ1) is 21.0. The molecule has 0 aliphatic carbocycles. The molecule has 0 saturated heterocycles. The molecule has 160 valence electrons. The fraction of sp³-hybridized carbons (Fsp3) is 0.208. The van der Waals surface area contributed by atoms with Crippen molar-refractivity contribution in [2.45, 2.75) is 17.5 Å². The van der Waals surface area contributed by atoms with Crippen molar-refractivity contribution in [2.24, 2.45) is 0 Å². The molecule has 3 aromatic rings. The molecule has 5 nitrogen and oxygen atoms in total. The summed E-state index contributed by atoms with van der Waals surface area (Å²) in [6.45, 7) is 0. The van der Waals surface area contributed by atoms with E-state index in [2.05, 4.69) is 0 Å². The number of nitrogens with zero attached hydrogens (tertiary/aromatic N) is 1. The van der Waals surface area contributed by atoms with Gasteiger partial charge in [-0.3, -0.25) is 4.79 Å². The Kier molecular flexibility index (Phi) is 5.74. The van der Waals surface area contributed by atoms with E-state index >= 15 is 0 Å². The maximum Gasteiger partial charge on any atom is 0.313 e. The van der Waals surface area contributed by atoms with Gasteiger partial charge in [-0.25, -0.2) is 4.39 Å². The highest BCUT2D eigenvalue weighted by atomic mass is 35.5. The maximum atomic E-state index is 13.7. The van der Waals surface area contributed by atoms with Crippen LogP contribution in [0.25, 0.3) is 0 Å². The Balaban J connectivity index is 1.98. The maximum absolute atomic E-state index is 13.7. The van der Waals surface area contributed by atoms with Crippen molar-refractivity contribution in [3.63, 3.8) is 0 Å². The Hall–Kier alpha value is -3.25. The summed E-state index contributed by atoms with van der Waals surface area (Å²) >= 11 is 6.97. The van der Waals surface area contributed by atoms with Crippen LogP contribution in [0.15, 0.2) is 66.7 Å². The molecular weight excluding hydrogens is 421 g/mol. The Morgan fingerprint density at radius 1 is 1.00 bits per heavy atom. The van der Waals surface area contributed by atoms with Crippen LogP contribution in [0, 0.1) is 5.82 Å². The first-order chi connectivity index (χ1) is 15.0. The van der Waals surface area contributed by atoms with Gasteiger partial charge in [0.05, 0.1) is 25.9 Å². The monoisotopic (exact) mass is 441 g/mol. The van der Waals surface area contributed by atoms with Crippen LogP contribution >= 0.6 is 11.6 Å². The van der Waals surface area contributed by atoms with Crippen LogP contribution in [0.2, 0.25) is 0 Å². The summed E-state index contributed by atoms with van der Waals surface area (Å²) in [5.74, 6) is -1.24. The molecule has 3 unspecified atom stereocenters. The number of methoxy groups -OCH3 is 2. The number of hydrogen-bond donors (Lipinski definition) is 1. The molecule has 3 atom stereocenters. The average Bonchev–Trinajstić information content (AvgIpc) is 2.79. The predicted octanol–water partition coefficient (Wildman–Crippen LogP) is 5.51. The second-order valence-electron chi connectivity index (χ2n) is 7.22. The molecule has 0 radical (unpaired) electrons. The zero-order valence-electron chi connectivity index (χ0n) is 17.0. The molecule has 31 heavy (non-hydrogen) atoms. The minimum Gasteiger partial charge on any atom is -0.497 e. The summed E-state index contributed by atoms with van der Waals surface area (Å²) in [6, 6.07) is 17.6. The van der Waals surface area contributed by atoms with E-state index in [1.807, 2.05) is 17.0 Å². The van der Waals surface area contributed by atoms with Crippen LogP contribution in [0.3, 0.4) is 0 Å². The van der Waals surface area contributed by atoms with E-state index in [4.69, 9.17) is 21.1 Å². The third-order valence-electron chi connectivity index (χ3n) is 5.59. The molecule has 3 aromatic carbocycles. The highest BCUT2D eigenvalue weighted by Crippen LogP contribution is 2.53. The first-order valence-corrected chi connectivity index (χ1v) is 10.1. The molecule has 1 aliphatic rings. The minimum atomic E-state index is -0.997. The van der Waals surface area contributed by atoms with Crippen LogP contribution in [0.1, 0.15) is 34.2 Å². The molecule has 0 amide bonds. The number of rotatable bonds is 5. The van der Waals surface area contributed by atoms with Crippen LogP contribution in [-0.4, -0.2) is 25.3 Å². The molecule has 0 aromatic heterocycles. The van der Waals surface area contributed by atoms with Gasteiger partial charge in [-0.1, -0.05) is 48.0 Å². The largest absolute Gasteiger partial charge is 0.497 e. The average molecular weight is 442 g/mol. The van der Waals surface area contributed by atoms with E-state index in [1.165, 1.54) is 19.2 Å². The van der Waals surface area contributed by atoms with Crippen molar-refractivity contribution in [2.75, 3.05) is 19.1 Å². The topological polar surface area (TPSA) is 59.0 Å². The molecule has 0 fully saturated rings. The Bertz CT molecular complexity index is 1100. The van der Waals surface area contributed by atoms with Gasteiger partial charge in [0.2, 0.25) is 0 Å². The van der Waals surface area contributed by atoms with Crippen LogP contribution in [0.5, 0.6) is 11.5 Å². The molecule has 1 aliphatic heterocycles. The predicted molar refractivity (Wildman–Crippen MR) is 117 cm³/mol. The van der Waals surface area contributed by atoms with Crippen LogP contribution in [0.4, 0.5) is 10.1 Å². The van der Waals surface area contributed by atoms with Crippen molar-refractivity contribution in [3.8, 4) is 11.5 Å². The second-order valence-corrected chi connectivity index (χ2v) is 7.64. The quantitative estimate of drug-likeness (QED) is 0.418. The van der Waals surface area contributed by atoms with Gasteiger partial charge in [0.15, 0.2) is 0 Å². The van der Waals surface area contributed by atoms with Crippen LogP contribution in [-0.2, 0) is 4.79 Å². The fourth-order valence-electron chi connectivity index (χ4n) is 4.18. The van der Waals surface area contributed by atoms with Crippen molar-refractivity contribution >= 4 is 23.3 Å². The summed E-state index contributed by atoms with van der Waals surface area (Å²) in [6.07, 6.45) is 0. The normalized spacial score (nSPS) is 20.1. The molecule has 0 bridgehead atoms. The highest BCUT2D eigenvalue weighted by Gasteiger charge is 2.45. The van der Waals surface area contributed by atoms with E-state index < -0.39 is 29.2 Å². The Morgan fingerprint density at radius 2 is 1.68 bits per heavy atom. The number of alkyl halides is 1. The Morgan fingerprint density at radius 3 is 2.29 bits per heavy atom. The van der Waals surface area contributed by atoms with Gasteiger partial charge in [-0.2, -0.15) is 0 Å². The van der Waals surface area contributed by atoms with Crippen LogP contribution < -0.4 is 14.4 Å². The van der Waals surface area contributed by atoms with Crippen molar-refractivity contribution in [1.82, 2.24) is 0 Å². The number of aliphatic carboxylic acids is 1. The lowest BCUT2D eigenvalue weighted by atomic mass is 9.79. The molecular formula is C24H21ClFNO4. The lowest BCUT2D eigenvalue weighted by molar-refractivity contribution is -0.139. The first-order valence-electron chi connectivity index (χ1n) is 9.67. The van der Waals surface area contributed by atoms with Gasteiger partial charge in [0, 0.05) is 6.07 Å². The summed E-state index contributed by atoms with van der Waals surface area (Å²) in [7, 11) is 3.08. The summed E-state index contributed by atoms with van der Waals surface area (Å²) in [5.41, 5.74) is 1.90. The second kappa shape index (κ2) is 8.47. The summed E-state index contributed by atoms with van der Waals surface area (Å²) in [4.78, 5) is 14.3. The number of carboxylic acid groups (broad SMARTS) is 1. The standard InChI is InChI=1S/C24H21ClFNO4/c1-30-16-11-12-19(20(13-16)31-2)27-22(14-7-9-15(26)10-8-14)21(24(28)29)17-5-3-4-6-18(17)23(27)25/h3-13,21-23H,1-2H3,(H,28,29). The zero-order valence-corrected chi connectivity index (χ0v) is 17.7. The van der Waals surface area contributed by atoms with Gasteiger partial charge in [-0.05, 0) is 41.0 Å². The van der Waals surface area contributed by atoms with E-state index in [0.29, 0.717) is 33.9 Å².